The molecule has 2 aliphatic heterocycles. The van der Waals surface area contributed by atoms with Gasteiger partial charge in [-0.1, -0.05) is 61.4 Å². The molecule has 1 aliphatic carbocycles. The number of H-pyrrole nitrogens is 1. The van der Waals surface area contributed by atoms with Crippen molar-refractivity contribution in [2.75, 3.05) is 11.9 Å². The molecule has 190 valence electrons. The summed E-state index contributed by atoms with van der Waals surface area (Å²) in [6.07, 6.45) is 11.1. The molecule has 5 atom stereocenters. The van der Waals surface area contributed by atoms with Crippen LogP contribution in [0.1, 0.15) is 61.1 Å². The fourth-order valence-electron chi connectivity index (χ4n) is 6.53. The first-order chi connectivity index (χ1) is 18.2. The van der Waals surface area contributed by atoms with Crippen LogP contribution in [0.25, 0.3) is 6.08 Å². The molecule has 2 fully saturated rings. The summed E-state index contributed by atoms with van der Waals surface area (Å²) in [4.78, 5) is 36.1. The fourth-order valence-corrected chi connectivity index (χ4v) is 6.53. The molecule has 3 heterocycles. The lowest BCUT2D eigenvalue weighted by molar-refractivity contribution is -0.139. The normalized spacial score (nSPS) is 26.8. The Kier molecular flexibility index (Phi) is 6.51. The summed E-state index contributed by atoms with van der Waals surface area (Å²) in [5.74, 6) is 0.722. The van der Waals surface area contributed by atoms with Gasteiger partial charge in [-0.25, -0.2) is 4.98 Å². The molecule has 0 spiro atoms. The Balaban J connectivity index is 1.24. The molecule has 1 saturated heterocycles. The summed E-state index contributed by atoms with van der Waals surface area (Å²) >= 11 is 0. The Morgan fingerprint density at radius 1 is 1.00 bits per heavy atom. The highest BCUT2D eigenvalue weighted by Crippen LogP contribution is 2.51. The van der Waals surface area contributed by atoms with Crippen molar-refractivity contribution >= 4 is 23.6 Å². The maximum atomic E-state index is 14.2. The van der Waals surface area contributed by atoms with Gasteiger partial charge < -0.3 is 20.5 Å². The molecule has 6 rings (SSSR count). The van der Waals surface area contributed by atoms with Gasteiger partial charge in [-0.2, -0.15) is 0 Å². The number of amides is 2. The average Bonchev–Trinajstić information content (AvgIpc) is 3.63. The molecule has 7 heteroatoms. The van der Waals surface area contributed by atoms with Crippen molar-refractivity contribution in [3.8, 4) is 0 Å². The molecule has 2 amide bonds. The van der Waals surface area contributed by atoms with E-state index >= 15 is 0 Å². The summed E-state index contributed by atoms with van der Waals surface area (Å²) in [5.41, 5.74) is 3.56. The Hall–Kier alpha value is -3.87. The van der Waals surface area contributed by atoms with Gasteiger partial charge in [-0.3, -0.25) is 9.59 Å². The lowest BCUT2D eigenvalue weighted by atomic mass is 9.79. The topological polar surface area (TPSA) is 90.1 Å². The van der Waals surface area contributed by atoms with Crippen LogP contribution in [-0.2, 0) is 9.59 Å². The predicted molar refractivity (Wildman–Crippen MR) is 143 cm³/mol. The highest BCUT2D eigenvalue weighted by atomic mass is 16.2. The van der Waals surface area contributed by atoms with Crippen LogP contribution in [-0.4, -0.2) is 39.3 Å². The number of imidazole rings is 1. The van der Waals surface area contributed by atoms with Crippen molar-refractivity contribution in [2.45, 2.75) is 50.2 Å². The number of aromatic amines is 1. The molecule has 3 aliphatic rings. The quantitative estimate of drug-likeness (QED) is 0.441. The fraction of sp³-hybridized carbons (Fsp3) is 0.367. The van der Waals surface area contributed by atoms with Gasteiger partial charge in [0, 0.05) is 42.7 Å². The molecule has 1 saturated carbocycles. The molecule has 0 bridgehead atoms. The number of anilines is 1. The van der Waals surface area contributed by atoms with E-state index < -0.39 is 0 Å². The van der Waals surface area contributed by atoms with Crippen LogP contribution in [0.3, 0.4) is 0 Å². The third-order valence-electron chi connectivity index (χ3n) is 8.23. The van der Waals surface area contributed by atoms with Gasteiger partial charge in [0.1, 0.15) is 5.82 Å². The van der Waals surface area contributed by atoms with Crippen LogP contribution < -0.4 is 10.6 Å². The van der Waals surface area contributed by atoms with Crippen molar-refractivity contribution in [3.63, 3.8) is 0 Å². The standard InChI is InChI=1S/C30H33N5O2/c36-27(15-14-26-31-17-18-32-26)33-25-13-7-5-11-22(25)30(37)35-19-16-23-28(20-8-2-1-3-9-20)34-24-12-6-4-10-21(24)29(23)35/h1-4,6,8-10,12,14-15,17-18,22-23,25,28-29,34H,5,7,11,13,16,19H2,(H,31,32)(H,33,36)/b15-14+/t22-,23+,25+,28-,29-/m0/s1. The van der Waals surface area contributed by atoms with E-state index in [0.29, 0.717) is 11.7 Å². The van der Waals surface area contributed by atoms with Crippen LogP contribution in [0.2, 0.25) is 0 Å². The minimum Gasteiger partial charge on any atom is -0.378 e. The van der Waals surface area contributed by atoms with Crippen LogP contribution in [0.4, 0.5) is 5.69 Å². The number of hydrogen-bond donors (Lipinski definition) is 3. The number of likely N-dealkylation sites (tertiary alicyclic amines) is 1. The van der Waals surface area contributed by atoms with E-state index in [9.17, 15) is 9.59 Å². The van der Waals surface area contributed by atoms with Crippen LogP contribution in [0, 0.1) is 11.8 Å². The first kappa shape index (κ1) is 23.5. The number of benzene rings is 2. The van der Waals surface area contributed by atoms with Crippen molar-refractivity contribution in [1.82, 2.24) is 20.2 Å². The Bertz CT molecular complexity index is 1270. The number of carbonyl (C=O) groups is 2. The van der Waals surface area contributed by atoms with Crippen molar-refractivity contribution in [2.24, 2.45) is 11.8 Å². The first-order valence-corrected chi connectivity index (χ1v) is 13.4. The molecule has 1 aromatic heterocycles. The highest BCUT2D eigenvalue weighted by molar-refractivity contribution is 5.92. The van der Waals surface area contributed by atoms with Crippen LogP contribution in [0.5, 0.6) is 0 Å². The molecule has 37 heavy (non-hydrogen) atoms. The van der Waals surface area contributed by atoms with Crippen molar-refractivity contribution in [3.05, 3.63) is 90.0 Å². The number of carbonyl (C=O) groups excluding carboxylic acids is 2. The minimum absolute atomic E-state index is 0.0345. The van der Waals surface area contributed by atoms with Gasteiger partial charge in [0.15, 0.2) is 0 Å². The Labute approximate surface area is 217 Å². The number of aromatic nitrogens is 2. The summed E-state index contributed by atoms with van der Waals surface area (Å²) in [6, 6.07) is 19.0. The number of nitrogens with one attached hydrogen (secondary N) is 3. The third kappa shape index (κ3) is 4.66. The van der Waals surface area contributed by atoms with Gasteiger partial charge in [-0.15, -0.1) is 0 Å². The maximum Gasteiger partial charge on any atom is 0.244 e. The van der Waals surface area contributed by atoms with Gasteiger partial charge in [0.2, 0.25) is 11.8 Å². The molecular formula is C30H33N5O2. The zero-order valence-electron chi connectivity index (χ0n) is 20.8. The first-order valence-electron chi connectivity index (χ1n) is 13.4. The second-order valence-corrected chi connectivity index (χ2v) is 10.4. The smallest absolute Gasteiger partial charge is 0.244 e. The number of rotatable bonds is 5. The molecule has 0 radical (unpaired) electrons. The molecule has 0 unspecified atom stereocenters. The van der Waals surface area contributed by atoms with Gasteiger partial charge in [-0.05, 0) is 42.5 Å². The lowest BCUT2D eigenvalue weighted by Gasteiger charge is -2.42. The summed E-state index contributed by atoms with van der Waals surface area (Å²) in [6.45, 7) is 0.739. The largest absolute Gasteiger partial charge is 0.378 e. The second-order valence-electron chi connectivity index (χ2n) is 10.4. The van der Waals surface area contributed by atoms with Crippen molar-refractivity contribution in [1.29, 1.82) is 0 Å². The zero-order valence-corrected chi connectivity index (χ0v) is 20.8. The lowest BCUT2D eigenvalue weighted by Crippen LogP contribution is -2.49. The Morgan fingerprint density at radius 2 is 1.81 bits per heavy atom. The molecule has 7 nitrogen and oxygen atoms in total. The third-order valence-corrected chi connectivity index (χ3v) is 8.23. The number of nitrogens with zero attached hydrogens (tertiary/aromatic N) is 2. The molecule has 3 aromatic rings. The minimum atomic E-state index is -0.203. The van der Waals surface area contributed by atoms with E-state index in [1.165, 1.54) is 17.2 Å². The SMILES string of the molecule is O=C(/C=C/c1ncc[nH]1)N[C@@H]1CCCC[C@@H]1C(=O)N1CC[C@@H]2[C@H](c3ccccc3)Nc3ccccc3[C@@H]21. The van der Waals surface area contributed by atoms with Gasteiger partial charge >= 0.3 is 0 Å². The van der Waals surface area contributed by atoms with Crippen molar-refractivity contribution < 1.29 is 9.59 Å². The predicted octanol–water partition coefficient (Wildman–Crippen LogP) is 4.85. The van der Waals surface area contributed by atoms with E-state index in [4.69, 9.17) is 0 Å². The van der Waals surface area contributed by atoms with E-state index in [1.807, 2.05) is 6.07 Å². The number of hydrogen-bond acceptors (Lipinski definition) is 4. The van der Waals surface area contributed by atoms with E-state index in [1.54, 1.807) is 18.5 Å². The van der Waals surface area contributed by atoms with Crippen LogP contribution >= 0.6 is 0 Å². The number of fused-ring (bicyclic) bond motifs is 3. The monoisotopic (exact) mass is 495 g/mol. The Morgan fingerprint density at radius 3 is 2.65 bits per heavy atom. The van der Waals surface area contributed by atoms with E-state index in [0.717, 1.165) is 44.3 Å². The van der Waals surface area contributed by atoms with E-state index in [-0.39, 0.29) is 35.9 Å². The zero-order chi connectivity index (χ0) is 25.2. The maximum absolute atomic E-state index is 14.2. The van der Waals surface area contributed by atoms with Crippen LogP contribution in [0.15, 0.2) is 73.1 Å². The summed E-state index contributed by atoms with van der Waals surface area (Å²) in [5, 5.41) is 6.91. The number of para-hydroxylation sites is 1. The molecule has 3 N–H and O–H groups in total. The molecule has 2 aromatic carbocycles. The summed E-state index contributed by atoms with van der Waals surface area (Å²) in [7, 11) is 0. The highest BCUT2D eigenvalue weighted by Gasteiger charge is 2.48. The van der Waals surface area contributed by atoms with Gasteiger partial charge in [0.25, 0.3) is 0 Å². The average molecular weight is 496 g/mol. The summed E-state index contributed by atoms with van der Waals surface area (Å²) < 4.78 is 0. The second kappa shape index (κ2) is 10.2. The molecular weight excluding hydrogens is 462 g/mol. The van der Waals surface area contributed by atoms with Gasteiger partial charge in [0.05, 0.1) is 18.0 Å². The van der Waals surface area contributed by atoms with E-state index in [2.05, 4.69) is 74.0 Å².